The molecule has 0 radical (unpaired) electrons. The molecule has 0 fully saturated rings. The molecule has 1 aromatic rings. The Bertz CT molecular complexity index is 371. The van der Waals surface area contributed by atoms with Gasteiger partial charge in [0, 0.05) is 0 Å². The summed E-state index contributed by atoms with van der Waals surface area (Å²) in [6.07, 6.45) is -9.52. The van der Waals surface area contributed by atoms with Crippen LogP contribution in [0.25, 0.3) is 0 Å². The van der Waals surface area contributed by atoms with Crippen LogP contribution < -0.4 is 5.73 Å². The van der Waals surface area contributed by atoms with Crippen molar-refractivity contribution in [2.75, 3.05) is 0 Å². The molecule has 1 nitrogen and oxygen atoms in total. The minimum atomic E-state index is -4.76. The fourth-order valence-electron chi connectivity index (χ4n) is 1.11. The Morgan fingerprint density at radius 2 is 1.11 bits per heavy atom. The largest absolute Gasteiger partial charge is 0.416 e. The lowest BCUT2D eigenvalue weighted by atomic mass is 10.1. The zero-order chi connectivity index (χ0) is 15.4. The van der Waals surface area contributed by atoms with Gasteiger partial charge in [-0.2, -0.15) is 26.3 Å². The van der Waals surface area contributed by atoms with Crippen molar-refractivity contribution in [2.24, 2.45) is 5.73 Å². The van der Waals surface area contributed by atoms with Gasteiger partial charge in [-0.25, -0.2) is 0 Å². The van der Waals surface area contributed by atoms with Crippen LogP contribution in [0.5, 0.6) is 0 Å². The van der Waals surface area contributed by atoms with Crippen molar-refractivity contribution in [3.8, 4) is 0 Å². The highest BCUT2D eigenvalue weighted by Crippen LogP contribution is 2.35. The zero-order valence-corrected chi connectivity index (χ0v) is 10.7. The second-order valence-corrected chi connectivity index (χ2v) is 4.33. The van der Waals surface area contributed by atoms with E-state index < -0.39 is 23.5 Å². The molecule has 0 unspecified atom stereocenters. The molecule has 0 amide bonds. The minimum absolute atomic E-state index is 0.0721. The van der Waals surface area contributed by atoms with E-state index in [4.69, 9.17) is 5.73 Å². The topological polar surface area (TPSA) is 26.0 Å². The van der Waals surface area contributed by atoms with Crippen molar-refractivity contribution in [3.05, 3.63) is 34.9 Å². The van der Waals surface area contributed by atoms with Gasteiger partial charge in [0.05, 0.1) is 11.1 Å². The molecule has 0 saturated heterocycles. The van der Waals surface area contributed by atoms with Gasteiger partial charge in [-0.1, -0.05) is 13.8 Å². The van der Waals surface area contributed by atoms with Gasteiger partial charge in [0.2, 0.25) is 0 Å². The Morgan fingerprint density at radius 1 is 0.842 bits per heavy atom. The SMILES string of the molecule is CC(C)N.Cc1cc(C(F)(F)F)cc(C(F)(F)F)c1. The number of halogens is 6. The number of benzene rings is 1. The van der Waals surface area contributed by atoms with Gasteiger partial charge in [-0.05, 0) is 36.7 Å². The van der Waals surface area contributed by atoms with E-state index in [9.17, 15) is 26.3 Å². The highest BCUT2D eigenvalue weighted by atomic mass is 19.4. The molecule has 0 spiro atoms. The lowest BCUT2D eigenvalue weighted by Gasteiger charge is -2.12. The smallest absolute Gasteiger partial charge is 0.328 e. The number of aryl methyl sites for hydroxylation is 1. The lowest BCUT2D eigenvalue weighted by Crippen LogP contribution is -2.11. The van der Waals surface area contributed by atoms with Crippen LogP contribution in [0.1, 0.15) is 30.5 Å². The average Bonchev–Trinajstić information content (AvgIpc) is 2.12. The van der Waals surface area contributed by atoms with Gasteiger partial charge in [0.25, 0.3) is 0 Å². The first-order valence-corrected chi connectivity index (χ1v) is 5.35. The van der Waals surface area contributed by atoms with Crippen molar-refractivity contribution in [2.45, 2.75) is 39.2 Å². The van der Waals surface area contributed by atoms with Gasteiger partial charge in [-0.15, -0.1) is 0 Å². The Hall–Kier alpha value is -1.24. The summed E-state index contributed by atoms with van der Waals surface area (Å²) in [5.41, 5.74) is 2.47. The van der Waals surface area contributed by atoms with Crippen molar-refractivity contribution in [3.63, 3.8) is 0 Å². The first-order valence-electron chi connectivity index (χ1n) is 5.35. The highest BCUT2D eigenvalue weighted by molar-refractivity contribution is 5.32. The normalized spacial score (nSPS) is 12.2. The van der Waals surface area contributed by atoms with Crippen LogP contribution in [-0.2, 0) is 12.4 Å². The molecule has 0 saturated carbocycles. The van der Waals surface area contributed by atoms with Gasteiger partial charge >= 0.3 is 12.4 Å². The molecule has 19 heavy (non-hydrogen) atoms. The molecule has 0 aliphatic heterocycles. The van der Waals surface area contributed by atoms with E-state index >= 15 is 0 Å². The zero-order valence-electron chi connectivity index (χ0n) is 10.7. The third-order valence-electron chi connectivity index (χ3n) is 1.73. The van der Waals surface area contributed by atoms with Crippen LogP contribution in [0.15, 0.2) is 18.2 Å². The summed E-state index contributed by atoms with van der Waals surface area (Å²) in [4.78, 5) is 0. The summed E-state index contributed by atoms with van der Waals surface area (Å²) in [7, 11) is 0. The maximum atomic E-state index is 12.2. The number of nitrogens with two attached hydrogens (primary N) is 1. The van der Waals surface area contributed by atoms with Crippen LogP contribution >= 0.6 is 0 Å². The summed E-state index contributed by atoms with van der Waals surface area (Å²) in [6, 6.07) is 1.79. The van der Waals surface area contributed by atoms with Crippen LogP contribution in [-0.4, -0.2) is 6.04 Å². The second-order valence-electron chi connectivity index (χ2n) is 4.33. The molecule has 110 valence electrons. The van der Waals surface area contributed by atoms with Crippen molar-refractivity contribution in [1.82, 2.24) is 0 Å². The predicted molar refractivity (Wildman–Crippen MR) is 60.5 cm³/mol. The monoisotopic (exact) mass is 287 g/mol. The summed E-state index contributed by atoms with van der Waals surface area (Å²) < 4.78 is 73.0. The van der Waals surface area contributed by atoms with E-state index in [0.717, 1.165) is 0 Å². The molecule has 0 aliphatic carbocycles. The van der Waals surface area contributed by atoms with Crippen LogP contribution in [0.3, 0.4) is 0 Å². The summed E-state index contributed by atoms with van der Waals surface area (Å²) in [5, 5.41) is 0. The summed E-state index contributed by atoms with van der Waals surface area (Å²) >= 11 is 0. The van der Waals surface area contributed by atoms with E-state index in [-0.39, 0.29) is 11.6 Å². The van der Waals surface area contributed by atoms with E-state index in [1.807, 2.05) is 13.8 Å². The van der Waals surface area contributed by atoms with E-state index in [0.29, 0.717) is 18.2 Å². The Labute approximate surface area is 107 Å². The third-order valence-corrected chi connectivity index (χ3v) is 1.73. The Kier molecular flexibility index (Phi) is 5.86. The predicted octanol–water partition coefficient (Wildman–Crippen LogP) is 4.39. The number of hydrogen-bond donors (Lipinski definition) is 1. The maximum Gasteiger partial charge on any atom is 0.416 e. The quantitative estimate of drug-likeness (QED) is 0.704. The molecule has 0 aromatic heterocycles. The molecule has 0 heterocycles. The summed E-state index contributed by atoms with van der Waals surface area (Å²) in [6.45, 7) is 5.07. The Balaban J connectivity index is 0.000000711. The van der Waals surface area contributed by atoms with E-state index in [2.05, 4.69) is 0 Å². The van der Waals surface area contributed by atoms with Gasteiger partial charge in [0.15, 0.2) is 0 Å². The van der Waals surface area contributed by atoms with Crippen LogP contribution in [0.4, 0.5) is 26.3 Å². The molecule has 0 aliphatic rings. The highest BCUT2D eigenvalue weighted by Gasteiger charge is 2.36. The van der Waals surface area contributed by atoms with Crippen LogP contribution in [0, 0.1) is 6.92 Å². The third kappa shape index (κ3) is 7.05. The first kappa shape index (κ1) is 17.8. The van der Waals surface area contributed by atoms with Gasteiger partial charge in [-0.3, -0.25) is 0 Å². The summed E-state index contributed by atoms with van der Waals surface area (Å²) in [5.74, 6) is 0. The fourth-order valence-corrected chi connectivity index (χ4v) is 1.11. The van der Waals surface area contributed by atoms with E-state index in [1.165, 1.54) is 6.92 Å². The van der Waals surface area contributed by atoms with Crippen molar-refractivity contribution >= 4 is 0 Å². The number of alkyl halides is 6. The van der Waals surface area contributed by atoms with Gasteiger partial charge < -0.3 is 5.73 Å². The standard InChI is InChI=1S/C9H6F6.C3H9N/c1-5-2-6(8(10,11)12)4-7(3-5)9(13,14)15;1-3(2)4/h2-4H,1H3;3H,4H2,1-2H3. The molecule has 2 N–H and O–H groups in total. The molecule has 0 atom stereocenters. The minimum Gasteiger partial charge on any atom is -0.328 e. The van der Waals surface area contributed by atoms with Crippen molar-refractivity contribution in [1.29, 1.82) is 0 Å². The van der Waals surface area contributed by atoms with Crippen molar-refractivity contribution < 1.29 is 26.3 Å². The number of rotatable bonds is 0. The molecule has 1 rings (SSSR count). The molecule has 7 heteroatoms. The van der Waals surface area contributed by atoms with E-state index in [1.54, 1.807) is 0 Å². The second kappa shape index (κ2) is 6.27. The Morgan fingerprint density at radius 3 is 1.32 bits per heavy atom. The fraction of sp³-hybridized carbons (Fsp3) is 0.500. The maximum absolute atomic E-state index is 12.2. The lowest BCUT2D eigenvalue weighted by molar-refractivity contribution is -0.143. The average molecular weight is 287 g/mol. The van der Waals surface area contributed by atoms with Gasteiger partial charge in [0.1, 0.15) is 0 Å². The van der Waals surface area contributed by atoms with Crippen LogP contribution in [0.2, 0.25) is 0 Å². The molecular weight excluding hydrogens is 272 g/mol. The molecule has 0 bridgehead atoms. The number of hydrogen-bond acceptors (Lipinski definition) is 1. The molecular formula is C12H15F6N. The first-order chi connectivity index (χ1) is 8.34. The molecule has 1 aromatic carbocycles.